The Labute approximate surface area is 112 Å². The summed E-state index contributed by atoms with van der Waals surface area (Å²) in [6, 6.07) is 0. The molecule has 2 aromatic rings. The standard InChI is InChI=1S/C13H20N6/c1-13(2)4-3-6-19(7-5-13)11-9-10(16-8-15-9)17-12(14)18-11/h8H,3-7H2,1-2H3,(H3,14,15,16,17,18). The van der Waals surface area contributed by atoms with Crippen molar-refractivity contribution in [2.75, 3.05) is 23.7 Å². The summed E-state index contributed by atoms with van der Waals surface area (Å²) in [5, 5.41) is 0. The normalized spacial score (nSPS) is 19.6. The SMILES string of the molecule is CC1(C)CCCN(c2nc(N)nc3nc[nH]c23)CC1. The molecule has 1 aliphatic heterocycles. The van der Waals surface area contributed by atoms with Crippen molar-refractivity contribution in [2.24, 2.45) is 5.41 Å². The number of nitrogens with zero attached hydrogens (tertiary/aromatic N) is 4. The van der Waals surface area contributed by atoms with Gasteiger partial charge in [0.15, 0.2) is 11.5 Å². The number of rotatable bonds is 1. The van der Waals surface area contributed by atoms with Crippen LogP contribution in [-0.2, 0) is 0 Å². The Bertz CT molecular complexity index is 588. The van der Waals surface area contributed by atoms with Crippen LogP contribution in [0.3, 0.4) is 0 Å². The maximum Gasteiger partial charge on any atom is 0.224 e. The van der Waals surface area contributed by atoms with Crippen LogP contribution in [0.1, 0.15) is 33.1 Å². The number of nitrogens with two attached hydrogens (primary N) is 1. The Balaban J connectivity index is 1.97. The molecule has 0 amide bonds. The zero-order valence-corrected chi connectivity index (χ0v) is 11.5. The maximum atomic E-state index is 5.78. The van der Waals surface area contributed by atoms with E-state index in [2.05, 4.69) is 38.7 Å². The number of aromatic nitrogens is 4. The average Bonchev–Trinajstić information content (AvgIpc) is 2.72. The lowest BCUT2D eigenvalue weighted by Crippen LogP contribution is -2.26. The first-order valence-corrected chi connectivity index (χ1v) is 6.77. The van der Waals surface area contributed by atoms with E-state index in [0.717, 1.165) is 30.8 Å². The number of nitrogen functional groups attached to an aromatic ring is 1. The van der Waals surface area contributed by atoms with Crippen molar-refractivity contribution < 1.29 is 0 Å². The zero-order valence-electron chi connectivity index (χ0n) is 11.5. The molecule has 6 heteroatoms. The second-order valence-corrected chi connectivity index (χ2v) is 6.01. The van der Waals surface area contributed by atoms with Gasteiger partial charge in [-0.1, -0.05) is 13.8 Å². The topological polar surface area (TPSA) is 83.7 Å². The second-order valence-electron chi connectivity index (χ2n) is 6.01. The molecule has 1 aliphatic rings. The van der Waals surface area contributed by atoms with Crippen molar-refractivity contribution >= 4 is 22.9 Å². The van der Waals surface area contributed by atoms with Crippen LogP contribution >= 0.6 is 0 Å². The molecule has 6 nitrogen and oxygen atoms in total. The van der Waals surface area contributed by atoms with Crippen LogP contribution in [0, 0.1) is 5.41 Å². The van der Waals surface area contributed by atoms with Gasteiger partial charge < -0.3 is 15.6 Å². The van der Waals surface area contributed by atoms with Crippen molar-refractivity contribution in [1.82, 2.24) is 19.9 Å². The van der Waals surface area contributed by atoms with E-state index in [0.29, 0.717) is 11.1 Å². The fourth-order valence-corrected chi connectivity index (χ4v) is 2.70. The summed E-state index contributed by atoms with van der Waals surface area (Å²) in [4.78, 5) is 18.1. The molecule has 0 aromatic carbocycles. The molecule has 0 saturated carbocycles. The van der Waals surface area contributed by atoms with E-state index >= 15 is 0 Å². The molecule has 1 fully saturated rings. The molecule has 0 unspecified atom stereocenters. The first-order chi connectivity index (χ1) is 9.05. The molecule has 0 radical (unpaired) electrons. The summed E-state index contributed by atoms with van der Waals surface area (Å²) >= 11 is 0. The van der Waals surface area contributed by atoms with Crippen molar-refractivity contribution in [3.63, 3.8) is 0 Å². The summed E-state index contributed by atoms with van der Waals surface area (Å²) in [6.45, 7) is 6.67. The lowest BCUT2D eigenvalue weighted by atomic mass is 9.85. The van der Waals surface area contributed by atoms with Gasteiger partial charge in [-0.25, -0.2) is 4.98 Å². The minimum atomic E-state index is 0.290. The molecular formula is C13H20N6. The summed E-state index contributed by atoms with van der Waals surface area (Å²) in [7, 11) is 0. The monoisotopic (exact) mass is 260 g/mol. The molecule has 3 heterocycles. The fraction of sp³-hybridized carbons (Fsp3) is 0.615. The Kier molecular flexibility index (Phi) is 2.80. The Morgan fingerprint density at radius 3 is 2.95 bits per heavy atom. The first-order valence-electron chi connectivity index (χ1n) is 6.77. The third-order valence-corrected chi connectivity index (χ3v) is 3.92. The Morgan fingerprint density at radius 2 is 2.11 bits per heavy atom. The molecule has 0 bridgehead atoms. The van der Waals surface area contributed by atoms with E-state index in [-0.39, 0.29) is 5.95 Å². The van der Waals surface area contributed by atoms with Crippen molar-refractivity contribution in [1.29, 1.82) is 0 Å². The van der Waals surface area contributed by atoms with E-state index in [1.165, 1.54) is 12.8 Å². The molecular weight excluding hydrogens is 240 g/mol. The van der Waals surface area contributed by atoms with E-state index in [9.17, 15) is 0 Å². The smallest absolute Gasteiger partial charge is 0.224 e. The molecule has 19 heavy (non-hydrogen) atoms. The lowest BCUT2D eigenvalue weighted by Gasteiger charge is -2.24. The number of nitrogens with one attached hydrogen (secondary N) is 1. The number of H-pyrrole nitrogens is 1. The van der Waals surface area contributed by atoms with Crippen LogP contribution in [0.5, 0.6) is 0 Å². The Morgan fingerprint density at radius 1 is 1.26 bits per heavy atom. The van der Waals surface area contributed by atoms with Crippen molar-refractivity contribution in [3.05, 3.63) is 6.33 Å². The summed E-state index contributed by atoms with van der Waals surface area (Å²) < 4.78 is 0. The third-order valence-electron chi connectivity index (χ3n) is 3.92. The zero-order chi connectivity index (χ0) is 13.5. The quantitative estimate of drug-likeness (QED) is 0.818. The van der Waals surface area contributed by atoms with Crippen molar-refractivity contribution in [3.8, 4) is 0 Å². The number of hydrogen-bond acceptors (Lipinski definition) is 5. The van der Waals surface area contributed by atoms with Gasteiger partial charge in [0.25, 0.3) is 0 Å². The molecule has 0 aliphatic carbocycles. The van der Waals surface area contributed by atoms with Gasteiger partial charge in [-0.05, 0) is 24.7 Å². The first kappa shape index (κ1) is 12.2. The minimum absolute atomic E-state index is 0.290. The van der Waals surface area contributed by atoms with Gasteiger partial charge in [-0.15, -0.1) is 0 Å². The highest BCUT2D eigenvalue weighted by Crippen LogP contribution is 2.32. The largest absolute Gasteiger partial charge is 0.368 e. The van der Waals surface area contributed by atoms with Gasteiger partial charge in [-0.2, -0.15) is 9.97 Å². The van der Waals surface area contributed by atoms with Crippen LogP contribution in [-0.4, -0.2) is 33.0 Å². The van der Waals surface area contributed by atoms with Crippen LogP contribution < -0.4 is 10.6 Å². The predicted molar refractivity (Wildman–Crippen MR) is 75.9 cm³/mol. The molecule has 3 N–H and O–H groups in total. The molecule has 2 aromatic heterocycles. The summed E-state index contributed by atoms with van der Waals surface area (Å²) in [5.41, 5.74) is 7.71. The van der Waals surface area contributed by atoms with Gasteiger partial charge in [0.1, 0.15) is 5.52 Å². The lowest BCUT2D eigenvalue weighted by molar-refractivity contribution is 0.325. The van der Waals surface area contributed by atoms with Crippen LogP contribution in [0.4, 0.5) is 11.8 Å². The van der Waals surface area contributed by atoms with E-state index in [1.807, 2.05) is 0 Å². The summed E-state index contributed by atoms with van der Waals surface area (Å²) in [6.07, 6.45) is 5.22. The molecule has 3 rings (SSSR count). The van der Waals surface area contributed by atoms with Gasteiger partial charge in [-0.3, -0.25) is 0 Å². The number of aromatic amines is 1. The molecule has 1 saturated heterocycles. The molecule has 0 atom stereocenters. The van der Waals surface area contributed by atoms with Gasteiger partial charge >= 0.3 is 0 Å². The highest BCUT2D eigenvalue weighted by atomic mass is 15.2. The third kappa shape index (κ3) is 2.34. The predicted octanol–water partition coefficient (Wildman–Crippen LogP) is 1.95. The van der Waals surface area contributed by atoms with E-state index in [4.69, 9.17) is 5.73 Å². The number of hydrogen-bond donors (Lipinski definition) is 2. The van der Waals surface area contributed by atoms with Crippen LogP contribution in [0.15, 0.2) is 6.33 Å². The highest BCUT2D eigenvalue weighted by Gasteiger charge is 2.25. The van der Waals surface area contributed by atoms with Gasteiger partial charge in [0.05, 0.1) is 6.33 Å². The maximum absolute atomic E-state index is 5.78. The molecule has 0 spiro atoms. The van der Waals surface area contributed by atoms with Gasteiger partial charge in [0.2, 0.25) is 5.95 Å². The number of anilines is 2. The molecule has 102 valence electrons. The Hall–Kier alpha value is -1.85. The minimum Gasteiger partial charge on any atom is -0.368 e. The van der Waals surface area contributed by atoms with E-state index < -0.39 is 0 Å². The van der Waals surface area contributed by atoms with Crippen LogP contribution in [0.25, 0.3) is 11.2 Å². The van der Waals surface area contributed by atoms with Crippen molar-refractivity contribution in [2.45, 2.75) is 33.1 Å². The second kappa shape index (κ2) is 4.36. The van der Waals surface area contributed by atoms with Crippen LogP contribution in [0.2, 0.25) is 0 Å². The number of imidazole rings is 1. The van der Waals surface area contributed by atoms with E-state index in [1.54, 1.807) is 6.33 Å². The number of fused-ring (bicyclic) bond motifs is 1. The highest BCUT2D eigenvalue weighted by molar-refractivity contribution is 5.84. The fourth-order valence-electron chi connectivity index (χ4n) is 2.70. The average molecular weight is 260 g/mol. The summed E-state index contributed by atoms with van der Waals surface area (Å²) in [5.74, 6) is 1.18. The van der Waals surface area contributed by atoms with Gasteiger partial charge in [0, 0.05) is 13.1 Å².